The summed E-state index contributed by atoms with van der Waals surface area (Å²) in [5.74, 6) is 0.444. The SMILES string of the molecule is COc1ccc(-c2nc(NC(=O)C3CCCN(C(=O)c4ccc(C)cc4)C3)sc2C)cc1. The van der Waals surface area contributed by atoms with Crippen LogP contribution in [0, 0.1) is 19.8 Å². The molecule has 2 amide bonds. The number of hydrogen-bond donors (Lipinski definition) is 1. The predicted molar refractivity (Wildman–Crippen MR) is 127 cm³/mol. The van der Waals surface area contributed by atoms with E-state index in [-0.39, 0.29) is 17.7 Å². The van der Waals surface area contributed by atoms with Crippen molar-refractivity contribution >= 4 is 28.3 Å². The van der Waals surface area contributed by atoms with Crippen LogP contribution in [0.25, 0.3) is 11.3 Å². The van der Waals surface area contributed by atoms with Crippen LogP contribution in [0.4, 0.5) is 5.13 Å². The van der Waals surface area contributed by atoms with Gasteiger partial charge in [-0.3, -0.25) is 9.59 Å². The van der Waals surface area contributed by atoms with Crippen LogP contribution in [0.1, 0.15) is 33.6 Å². The van der Waals surface area contributed by atoms with Crippen molar-refractivity contribution in [3.63, 3.8) is 0 Å². The second kappa shape index (κ2) is 9.53. The zero-order valence-corrected chi connectivity index (χ0v) is 19.4. The van der Waals surface area contributed by atoms with E-state index in [4.69, 9.17) is 4.74 Å². The van der Waals surface area contributed by atoms with Crippen molar-refractivity contribution in [1.82, 2.24) is 9.88 Å². The molecule has 1 N–H and O–H groups in total. The quantitative estimate of drug-likeness (QED) is 0.600. The average Bonchev–Trinajstić information content (AvgIpc) is 3.19. The van der Waals surface area contributed by atoms with Gasteiger partial charge in [-0.05, 0) is 63.1 Å². The van der Waals surface area contributed by atoms with Crippen LogP contribution in [0.2, 0.25) is 0 Å². The van der Waals surface area contributed by atoms with Crippen LogP contribution in [0.5, 0.6) is 5.75 Å². The Morgan fingerprint density at radius 2 is 1.81 bits per heavy atom. The Morgan fingerprint density at radius 1 is 1.09 bits per heavy atom. The summed E-state index contributed by atoms with van der Waals surface area (Å²) in [7, 11) is 1.64. The number of methoxy groups -OCH3 is 1. The first kappa shape index (κ1) is 22.0. The minimum absolute atomic E-state index is 0.0191. The summed E-state index contributed by atoms with van der Waals surface area (Å²) >= 11 is 1.46. The summed E-state index contributed by atoms with van der Waals surface area (Å²) in [6.45, 7) is 5.09. The Morgan fingerprint density at radius 3 is 2.50 bits per heavy atom. The Labute approximate surface area is 192 Å². The van der Waals surface area contributed by atoms with Crippen molar-refractivity contribution in [1.29, 1.82) is 0 Å². The number of benzene rings is 2. The van der Waals surface area contributed by atoms with Gasteiger partial charge in [0.15, 0.2) is 5.13 Å². The highest BCUT2D eigenvalue weighted by molar-refractivity contribution is 7.16. The first-order valence-electron chi connectivity index (χ1n) is 10.7. The number of amides is 2. The molecule has 7 heteroatoms. The molecule has 1 unspecified atom stereocenters. The predicted octanol–water partition coefficient (Wildman–Crippen LogP) is 4.93. The van der Waals surface area contributed by atoms with Crippen molar-refractivity contribution < 1.29 is 14.3 Å². The van der Waals surface area contributed by atoms with Gasteiger partial charge < -0.3 is 15.0 Å². The summed E-state index contributed by atoms with van der Waals surface area (Å²) in [6, 6.07) is 15.3. The molecule has 0 bridgehead atoms. The fourth-order valence-corrected chi connectivity index (χ4v) is 4.77. The number of rotatable bonds is 5. The molecule has 1 aliphatic heterocycles. The molecule has 0 aliphatic carbocycles. The van der Waals surface area contributed by atoms with Crippen molar-refractivity contribution in [3.8, 4) is 17.0 Å². The molecule has 0 saturated carbocycles. The van der Waals surface area contributed by atoms with Gasteiger partial charge in [0.2, 0.25) is 5.91 Å². The Hall–Kier alpha value is -3.19. The number of piperidine rings is 1. The number of anilines is 1. The van der Waals surface area contributed by atoms with Crippen molar-refractivity contribution in [2.75, 3.05) is 25.5 Å². The molecule has 1 saturated heterocycles. The number of thiazole rings is 1. The Bertz CT molecular complexity index is 1110. The summed E-state index contributed by atoms with van der Waals surface area (Å²) in [4.78, 5) is 33.3. The third kappa shape index (κ3) is 4.83. The Kier molecular flexibility index (Phi) is 6.55. The lowest BCUT2D eigenvalue weighted by molar-refractivity contribution is -0.121. The minimum Gasteiger partial charge on any atom is -0.497 e. The number of nitrogens with one attached hydrogen (secondary N) is 1. The first-order chi connectivity index (χ1) is 15.4. The number of ether oxygens (including phenoxy) is 1. The number of likely N-dealkylation sites (tertiary alicyclic amines) is 1. The molecule has 2 heterocycles. The molecule has 166 valence electrons. The van der Waals surface area contributed by atoms with E-state index in [9.17, 15) is 9.59 Å². The van der Waals surface area contributed by atoms with Crippen LogP contribution >= 0.6 is 11.3 Å². The lowest BCUT2D eigenvalue weighted by atomic mass is 9.96. The topological polar surface area (TPSA) is 71.5 Å². The maximum Gasteiger partial charge on any atom is 0.253 e. The fourth-order valence-electron chi connectivity index (χ4n) is 3.93. The van der Waals surface area contributed by atoms with E-state index in [0.717, 1.165) is 40.3 Å². The van der Waals surface area contributed by atoms with Gasteiger partial charge in [0, 0.05) is 29.1 Å². The minimum atomic E-state index is -0.244. The lowest BCUT2D eigenvalue weighted by Gasteiger charge is -2.32. The number of aromatic nitrogens is 1. The second-order valence-corrected chi connectivity index (χ2v) is 9.30. The van der Waals surface area contributed by atoms with Gasteiger partial charge >= 0.3 is 0 Å². The van der Waals surface area contributed by atoms with Crippen LogP contribution in [0.15, 0.2) is 48.5 Å². The normalized spacial score (nSPS) is 16.0. The van der Waals surface area contributed by atoms with E-state index in [1.54, 1.807) is 12.0 Å². The third-order valence-electron chi connectivity index (χ3n) is 5.77. The van der Waals surface area contributed by atoms with Crippen molar-refractivity contribution in [2.45, 2.75) is 26.7 Å². The summed E-state index contributed by atoms with van der Waals surface area (Å²) in [5, 5.41) is 3.56. The molecule has 1 fully saturated rings. The van der Waals surface area contributed by atoms with Gasteiger partial charge in [0.05, 0.1) is 18.7 Å². The lowest BCUT2D eigenvalue weighted by Crippen LogP contribution is -2.43. The fraction of sp³-hybridized carbons (Fsp3) is 0.320. The molecule has 32 heavy (non-hydrogen) atoms. The van der Waals surface area contributed by atoms with Gasteiger partial charge in [-0.2, -0.15) is 0 Å². The van der Waals surface area contributed by atoms with E-state index < -0.39 is 0 Å². The van der Waals surface area contributed by atoms with Gasteiger partial charge in [0.1, 0.15) is 5.75 Å². The molecule has 6 nitrogen and oxygen atoms in total. The molecule has 1 aromatic heterocycles. The molecule has 0 radical (unpaired) electrons. The number of hydrogen-bond acceptors (Lipinski definition) is 5. The van der Waals surface area contributed by atoms with E-state index in [0.29, 0.717) is 23.8 Å². The number of aryl methyl sites for hydroxylation is 2. The van der Waals surface area contributed by atoms with Crippen molar-refractivity contribution in [3.05, 3.63) is 64.5 Å². The van der Waals surface area contributed by atoms with E-state index >= 15 is 0 Å². The number of carbonyl (C=O) groups is 2. The van der Waals surface area contributed by atoms with Gasteiger partial charge in [-0.1, -0.05) is 17.7 Å². The smallest absolute Gasteiger partial charge is 0.253 e. The zero-order valence-electron chi connectivity index (χ0n) is 18.6. The van der Waals surface area contributed by atoms with E-state index in [2.05, 4.69) is 10.3 Å². The van der Waals surface area contributed by atoms with Crippen molar-refractivity contribution in [2.24, 2.45) is 5.92 Å². The average molecular weight is 450 g/mol. The largest absolute Gasteiger partial charge is 0.497 e. The summed E-state index contributed by atoms with van der Waals surface area (Å²) < 4.78 is 5.22. The van der Waals surface area contributed by atoms with Gasteiger partial charge in [-0.25, -0.2) is 4.98 Å². The maximum absolute atomic E-state index is 13.0. The molecule has 0 spiro atoms. The van der Waals surface area contributed by atoms with Crippen LogP contribution in [-0.2, 0) is 4.79 Å². The molecule has 3 aromatic rings. The highest BCUT2D eigenvalue weighted by Gasteiger charge is 2.29. The van der Waals surface area contributed by atoms with E-state index in [1.165, 1.54) is 11.3 Å². The molecular formula is C25H27N3O3S. The molecular weight excluding hydrogens is 422 g/mol. The highest BCUT2D eigenvalue weighted by Crippen LogP contribution is 2.32. The zero-order chi connectivity index (χ0) is 22.7. The Balaban J connectivity index is 1.42. The standard InChI is InChI=1S/C25H27N3O3S/c1-16-6-8-19(9-7-16)24(30)28-14-4-5-20(15-28)23(29)27-25-26-22(17(2)32-25)18-10-12-21(31-3)13-11-18/h6-13,20H,4-5,14-15H2,1-3H3,(H,26,27,29). The first-order valence-corrected chi connectivity index (χ1v) is 11.5. The van der Waals surface area contributed by atoms with Crippen LogP contribution in [-0.4, -0.2) is 41.9 Å². The number of nitrogens with zero attached hydrogens (tertiary/aromatic N) is 2. The number of carbonyl (C=O) groups excluding carboxylic acids is 2. The monoisotopic (exact) mass is 449 g/mol. The molecule has 1 aliphatic rings. The summed E-state index contributed by atoms with van der Waals surface area (Å²) in [6.07, 6.45) is 1.57. The molecule has 4 rings (SSSR count). The van der Waals surface area contributed by atoms with Crippen LogP contribution < -0.4 is 10.1 Å². The van der Waals surface area contributed by atoms with Gasteiger partial charge in [0.25, 0.3) is 5.91 Å². The second-order valence-electron chi connectivity index (χ2n) is 8.10. The summed E-state index contributed by atoms with van der Waals surface area (Å²) in [5.41, 5.74) is 3.61. The molecule has 2 aromatic carbocycles. The highest BCUT2D eigenvalue weighted by atomic mass is 32.1. The van der Waals surface area contributed by atoms with Gasteiger partial charge in [-0.15, -0.1) is 11.3 Å². The van der Waals surface area contributed by atoms with Crippen LogP contribution in [0.3, 0.4) is 0 Å². The van der Waals surface area contributed by atoms with E-state index in [1.807, 2.05) is 62.4 Å². The molecule has 1 atom stereocenters. The maximum atomic E-state index is 13.0. The third-order valence-corrected chi connectivity index (χ3v) is 6.65.